The Labute approximate surface area is 155 Å². The molecule has 1 aromatic heterocycles. The molecule has 0 spiro atoms. The number of rotatable bonds is 3. The van der Waals surface area contributed by atoms with Crippen LogP contribution >= 0.6 is 0 Å². The third-order valence-electron chi connectivity index (χ3n) is 5.36. The molecule has 0 saturated carbocycles. The van der Waals surface area contributed by atoms with E-state index in [0.717, 1.165) is 22.5 Å². The van der Waals surface area contributed by atoms with Crippen molar-refractivity contribution in [2.24, 2.45) is 0 Å². The third-order valence-corrected chi connectivity index (χ3v) is 5.36. The predicted molar refractivity (Wildman–Crippen MR) is 105 cm³/mol. The van der Waals surface area contributed by atoms with Crippen molar-refractivity contribution in [2.45, 2.75) is 38.9 Å². The summed E-state index contributed by atoms with van der Waals surface area (Å²) in [5.41, 5.74) is 3.09. The second-order valence-corrected chi connectivity index (χ2v) is 7.71. The van der Waals surface area contributed by atoms with Crippen LogP contribution in [0.15, 0.2) is 71.1 Å². The fourth-order valence-corrected chi connectivity index (χ4v) is 3.12. The smallest absolute Gasteiger partial charge is 0.464 e. The summed E-state index contributed by atoms with van der Waals surface area (Å²) in [7, 11) is -0.514. The van der Waals surface area contributed by atoms with Crippen LogP contribution in [0.5, 0.6) is 0 Å². The average Bonchev–Trinajstić information content (AvgIpc) is 3.16. The molecule has 0 atom stereocenters. The maximum atomic E-state index is 6.28. The maximum Gasteiger partial charge on any atom is 0.532 e. The zero-order chi connectivity index (χ0) is 18.4. The molecule has 0 radical (unpaired) electrons. The first-order valence-electron chi connectivity index (χ1n) is 8.98. The molecule has 0 amide bonds. The van der Waals surface area contributed by atoms with Crippen molar-refractivity contribution < 1.29 is 13.7 Å². The van der Waals surface area contributed by atoms with Crippen LogP contribution in [0.2, 0.25) is 0 Å². The number of furan rings is 1. The molecule has 4 rings (SSSR count). The summed E-state index contributed by atoms with van der Waals surface area (Å²) < 4.78 is 18.6. The lowest BCUT2D eigenvalue weighted by Crippen LogP contribution is -2.41. The summed E-state index contributed by atoms with van der Waals surface area (Å²) in [4.78, 5) is 0. The van der Waals surface area contributed by atoms with Gasteiger partial charge >= 0.3 is 7.12 Å². The van der Waals surface area contributed by atoms with Gasteiger partial charge in [-0.2, -0.15) is 0 Å². The molecule has 3 aromatic rings. The second-order valence-electron chi connectivity index (χ2n) is 7.71. The summed E-state index contributed by atoms with van der Waals surface area (Å²) in [5, 5.41) is 0. The lowest BCUT2D eigenvalue weighted by atomic mass is 9.85. The Kier molecular flexibility index (Phi) is 4.05. The zero-order valence-corrected chi connectivity index (χ0v) is 15.7. The van der Waals surface area contributed by atoms with E-state index < -0.39 is 18.3 Å². The van der Waals surface area contributed by atoms with Crippen LogP contribution in [0.3, 0.4) is 0 Å². The van der Waals surface area contributed by atoms with Crippen LogP contribution in [-0.2, 0) is 9.31 Å². The van der Waals surface area contributed by atoms with E-state index in [1.54, 1.807) is 0 Å². The zero-order valence-electron chi connectivity index (χ0n) is 15.7. The highest BCUT2D eigenvalue weighted by Gasteiger charge is 2.53. The van der Waals surface area contributed by atoms with Crippen LogP contribution in [-0.4, -0.2) is 18.3 Å². The van der Waals surface area contributed by atoms with Crippen LogP contribution in [0.25, 0.3) is 22.5 Å². The fraction of sp³-hybridized carbons (Fsp3) is 0.273. The molecule has 1 aliphatic rings. The van der Waals surface area contributed by atoms with E-state index in [2.05, 4.69) is 24.3 Å². The molecule has 1 saturated heterocycles. The topological polar surface area (TPSA) is 31.6 Å². The van der Waals surface area contributed by atoms with Gasteiger partial charge in [-0.15, -0.1) is 0 Å². The van der Waals surface area contributed by atoms with E-state index in [1.807, 2.05) is 70.2 Å². The lowest BCUT2D eigenvalue weighted by Gasteiger charge is -2.32. The van der Waals surface area contributed by atoms with E-state index in [9.17, 15) is 0 Å². The standard InChI is InChI=1S/C22H23BO3/c1-21(2)22(3,4)26-23(25-21)19-15-18(16-11-7-5-8-12-16)20(24-19)17-13-9-6-10-14-17/h5-15H,1-4H3. The highest BCUT2D eigenvalue weighted by Crippen LogP contribution is 2.38. The highest BCUT2D eigenvalue weighted by molar-refractivity contribution is 6.60. The molecular weight excluding hydrogens is 323 g/mol. The van der Waals surface area contributed by atoms with E-state index in [-0.39, 0.29) is 0 Å². The number of benzene rings is 2. The number of hydrogen-bond donors (Lipinski definition) is 0. The fourth-order valence-electron chi connectivity index (χ4n) is 3.12. The summed E-state index contributed by atoms with van der Waals surface area (Å²) in [6.45, 7) is 8.19. The summed E-state index contributed by atoms with van der Waals surface area (Å²) in [6, 6.07) is 22.4. The highest BCUT2D eigenvalue weighted by atomic mass is 16.7. The predicted octanol–water partition coefficient (Wildman–Crippen LogP) is 4.91. The van der Waals surface area contributed by atoms with Gasteiger partial charge < -0.3 is 13.7 Å². The Morgan fingerprint density at radius 3 is 1.73 bits per heavy atom. The molecule has 0 bridgehead atoms. The minimum Gasteiger partial charge on any atom is -0.464 e. The minimum absolute atomic E-state index is 0.399. The van der Waals surface area contributed by atoms with Gasteiger partial charge in [-0.1, -0.05) is 60.7 Å². The molecule has 3 nitrogen and oxygen atoms in total. The van der Waals surface area contributed by atoms with Gasteiger partial charge in [-0.05, 0) is 39.3 Å². The molecule has 26 heavy (non-hydrogen) atoms. The van der Waals surface area contributed by atoms with Gasteiger partial charge in [0.25, 0.3) is 0 Å². The summed E-state index contributed by atoms with van der Waals surface area (Å²) >= 11 is 0. The van der Waals surface area contributed by atoms with Crippen molar-refractivity contribution in [2.75, 3.05) is 0 Å². The van der Waals surface area contributed by atoms with Crippen molar-refractivity contribution in [3.05, 3.63) is 66.7 Å². The molecule has 1 aliphatic heterocycles. The molecule has 0 aliphatic carbocycles. The largest absolute Gasteiger partial charge is 0.532 e. The first kappa shape index (κ1) is 17.1. The normalized spacial score (nSPS) is 18.2. The van der Waals surface area contributed by atoms with E-state index in [0.29, 0.717) is 5.66 Å². The van der Waals surface area contributed by atoms with Gasteiger partial charge in [0, 0.05) is 11.1 Å². The molecule has 2 heterocycles. The van der Waals surface area contributed by atoms with Crippen LogP contribution in [0, 0.1) is 0 Å². The molecule has 4 heteroatoms. The van der Waals surface area contributed by atoms with Crippen molar-refractivity contribution in [1.82, 2.24) is 0 Å². The molecule has 0 N–H and O–H groups in total. The lowest BCUT2D eigenvalue weighted by molar-refractivity contribution is 0.00578. The van der Waals surface area contributed by atoms with Crippen molar-refractivity contribution >= 4 is 12.8 Å². The summed E-state index contributed by atoms with van der Waals surface area (Å²) in [6.07, 6.45) is 0. The first-order chi connectivity index (χ1) is 12.4. The Balaban J connectivity index is 1.80. The summed E-state index contributed by atoms with van der Waals surface area (Å²) in [5.74, 6) is 0.835. The van der Waals surface area contributed by atoms with Crippen molar-refractivity contribution in [1.29, 1.82) is 0 Å². The van der Waals surface area contributed by atoms with Gasteiger partial charge in [-0.3, -0.25) is 0 Å². The van der Waals surface area contributed by atoms with Gasteiger partial charge in [0.15, 0.2) is 0 Å². The van der Waals surface area contributed by atoms with Crippen LogP contribution in [0.1, 0.15) is 27.7 Å². The van der Waals surface area contributed by atoms with Gasteiger partial charge in [0.2, 0.25) is 0 Å². The Bertz CT molecular complexity index is 825. The molecular formula is C22H23BO3. The maximum absolute atomic E-state index is 6.28. The monoisotopic (exact) mass is 346 g/mol. The van der Waals surface area contributed by atoms with E-state index in [4.69, 9.17) is 13.7 Å². The molecule has 132 valence electrons. The molecule has 0 unspecified atom stereocenters. The van der Waals surface area contributed by atoms with E-state index in [1.165, 1.54) is 0 Å². The SMILES string of the molecule is CC1(C)OB(c2cc(-c3ccccc3)c(-c3ccccc3)o2)OC1(C)C. The number of hydrogen-bond acceptors (Lipinski definition) is 3. The first-order valence-corrected chi connectivity index (χ1v) is 8.98. The van der Waals surface area contributed by atoms with Crippen LogP contribution < -0.4 is 5.66 Å². The molecule has 2 aromatic carbocycles. The Morgan fingerprint density at radius 1 is 0.692 bits per heavy atom. The van der Waals surface area contributed by atoms with Gasteiger partial charge in [-0.25, -0.2) is 0 Å². The molecule has 1 fully saturated rings. The minimum atomic E-state index is -0.514. The van der Waals surface area contributed by atoms with Gasteiger partial charge in [0.1, 0.15) is 11.4 Å². The third kappa shape index (κ3) is 2.89. The average molecular weight is 346 g/mol. The van der Waals surface area contributed by atoms with Crippen LogP contribution in [0.4, 0.5) is 0 Å². The van der Waals surface area contributed by atoms with Gasteiger partial charge in [0.05, 0.1) is 11.2 Å². The Hall–Kier alpha value is -2.30. The Morgan fingerprint density at radius 2 is 1.19 bits per heavy atom. The van der Waals surface area contributed by atoms with Crippen molar-refractivity contribution in [3.63, 3.8) is 0 Å². The van der Waals surface area contributed by atoms with Crippen molar-refractivity contribution in [3.8, 4) is 22.5 Å². The second kappa shape index (κ2) is 6.15. The van der Waals surface area contributed by atoms with E-state index >= 15 is 0 Å². The quantitative estimate of drug-likeness (QED) is 0.632.